The zero-order chi connectivity index (χ0) is 6.41. The summed E-state index contributed by atoms with van der Waals surface area (Å²) < 4.78 is 2.85. The SMILES string of the molecule is CSNC(C=O)CS. The van der Waals surface area contributed by atoms with E-state index in [0.717, 1.165) is 6.29 Å². The fourth-order valence-electron chi connectivity index (χ4n) is 0.259. The molecule has 8 heavy (non-hydrogen) atoms. The molecule has 2 nitrogen and oxygen atoms in total. The number of hydrogen-bond donors (Lipinski definition) is 2. The van der Waals surface area contributed by atoms with E-state index in [1.54, 1.807) is 0 Å². The van der Waals surface area contributed by atoms with Gasteiger partial charge in [0.1, 0.15) is 6.29 Å². The highest BCUT2D eigenvalue weighted by molar-refractivity contribution is 7.96. The molecule has 0 rings (SSSR count). The van der Waals surface area contributed by atoms with Crippen LogP contribution in [0.3, 0.4) is 0 Å². The van der Waals surface area contributed by atoms with Crippen molar-refractivity contribution in [1.29, 1.82) is 0 Å². The minimum Gasteiger partial charge on any atom is -0.302 e. The molecular formula is C4H9NOS2. The van der Waals surface area contributed by atoms with E-state index in [9.17, 15) is 4.79 Å². The van der Waals surface area contributed by atoms with Crippen LogP contribution >= 0.6 is 24.6 Å². The highest BCUT2D eigenvalue weighted by Crippen LogP contribution is 1.89. The van der Waals surface area contributed by atoms with Crippen LogP contribution in [0.4, 0.5) is 0 Å². The van der Waals surface area contributed by atoms with Gasteiger partial charge in [-0.05, 0) is 6.26 Å². The standard InChI is InChI=1S/C4H9NOS2/c1-8-5-4(2-6)3-7/h2,4-5,7H,3H2,1H3. The van der Waals surface area contributed by atoms with Gasteiger partial charge in [-0.3, -0.25) is 4.72 Å². The number of carbonyl (C=O) groups excluding carboxylic acids is 1. The summed E-state index contributed by atoms with van der Waals surface area (Å²) >= 11 is 5.35. The molecule has 0 aliphatic carbocycles. The molecule has 0 radical (unpaired) electrons. The largest absolute Gasteiger partial charge is 0.302 e. The number of hydrogen-bond acceptors (Lipinski definition) is 4. The van der Waals surface area contributed by atoms with E-state index in [1.807, 2.05) is 6.26 Å². The van der Waals surface area contributed by atoms with Gasteiger partial charge in [0.2, 0.25) is 0 Å². The Balaban J connectivity index is 3.21. The maximum absolute atomic E-state index is 10.0. The molecule has 48 valence electrons. The molecule has 0 spiro atoms. The summed E-state index contributed by atoms with van der Waals surface area (Å²) in [6, 6.07) is -0.103. The smallest absolute Gasteiger partial charge is 0.138 e. The summed E-state index contributed by atoms with van der Waals surface area (Å²) in [7, 11) is 0. The monoisotopic (exact) mass is 151 g/mol. The highest BCUT2D eigenvalue weighted by Gasteiger charge is 1.99. The first-order valence-corrected chi connectivity index (χ1v) is 4.05. The first-order chi connectivity index (χ1) is 3.85. The second-order valence-corrected chi connectivity index (χ2v) is 2.26. The van der Waals surface area contributed by atoms with Gasteiger partial charge in [0.25, 0.3) is 0 Å². The Bertz CT molecular complexity index is 69.1. The zero-order valence-electron chi connectivity index (χ0n) is 4.63. The van der Waals surface area contributed by atoms with Gasteiger partial charge < -0.3 is 4.79 Å². The predicted molar refractivity (Wildman–Crippen MR) is 40.4 cm³/mol. The maximum Gasteiger partial charge on any atom is 0.138 e. The van der Waals surface area contributed by atoms with Crippen molar-refractivity contribution < 1.29 is 4.79 Å². The van der Waals surface area contributed by atoms with E-state index in [1.165, 1.54) is 11.9 Å². The minimum atomic E-state index is -0.103. The molecule has 0 aliphatic heterocycles. The van der Waals surface area contributed by atoms with E-state index in [0.29, 0.717) is 5.75 Å². The third-order valence-electron chi connectivity index (χ3n) is 0.630. The molecule has 0 aromatic heterocycles. The van der Waals surface area contributed by atoms with Gasteiger partial charge in [-0.2, -0.15) is 12.6 Å². The molecular weight excluding hydrogens is 142 g/mol. The Hall–Kier alpha value is 0.330. The molecule has 0 aromatic carbocycles. The fourth-order valence-corrected chi connectivity index (χ4v) is 1.00. The van der Waals surface area contributed by atoms with Crippen LogP contribution in [0.5, 0.6) is 0 Å². The van der Waals surface area contributed by atoms with E-state index < -0.39 is 0 Å². The topological polar surface area (TPSA) is 29.1 Å². The molecule has 1 N–H and O–H groups in total. The molecule has 0 saturated heterocycles. The molecule has 1 atom stereocenters. The first-order valence-electron chi connectivity index (χ1n) is 2.19. The number of rotatable bonds is 4. The summed E-state index contributed by atoms with van der Waals surface area (Å²) in [6.45, 7) is 0. The van der Waals surface area contributed by atoms with Crippen molar-refractivity contribution in [2.24, 2.45) is 0 Å². The van der Waals surface area contributed by atoms with Crippen LogP contribution in [0.15, 0.2) is 0 Å². The quantitative estimate of drug-likeness (QED) is 0.345. The van der Waals surface area contributed by atoms with Crippen LogP contribution in [-0.4, -0.2) is 24.3 Å². The summed E-state index contributed by atoms with van der Waals surface area (Å²) in [5.74, 6) is 0.560. The molecule has 0 bridgehead atoms. The minimum absolute atomic E-state index is 0.103. The average molecular weight is 151 g/mol. The van der Waals surface area contributed by atoms with Gasteiger partial charge in [-0.1, -0.05) is 11.9 Å². The Morgan fingerprint density at radius 1 is 2.00 bits per heavy atom. The van der Waals surface area contributed by atoms with E-state index in [-0.39, 0.29) is 6.04 Å². The summed E-state index contributed by atoms with van der Waals surface area (Å²) in [5, 5.41) is 0. The van der Waals surface area contributed by atoms with E-state index in [2.05, 4.69) is 17.4 Å². The van der Waals surface area contributed by atoms with Gasteiger partial charge in [-0.15, -0.1) is 0 Å². The molecule has 0 saturated carbocycles. The van der Waals surface area contributed by atoms with E-state index >= 15 is 0 Å². The molecule has 1 unspecified atom stereocenters. The van der Waals surface area contributed by atoms with Crippen LogP contribution in [0.1, 0.15) is 0 Å². The van der Waals surface area contributed by atoms with Gasteiger partial charge in [0.05, 0.1) is 6.04 Å². The van der Waals surface area contributed by atoms with Crippen molar-refractivity contribution in [3.05, 3.63) is 0 Å². The lowest BCUT2D eigenvalue weighted by Crippen LogP contribution is -2.25. The number of nitrogens with one attached hydrogen (secondary N) is 1. The molecule has 4 heteroatoms. The van der Waals surface area contributed by atoms with Crippen LogP contribution < -0.4 is 4.72 Å². The molecule has 0 fully saturated rings. The van der Waals surface area contributed by atoms with E-state index in [4.69, 9.17) is 0 Å². The van der Waals surface area contributed by atoms with Crippen molar-refractivity contribution in [3.63, 3.8) is 0 Å². The normalized spacial score (nSPS) is 13.2. The highest BCUT2D eigenvalue weighted by atomic mass is 32.2. The molecule has 0 heterocycles. The van der Waals surface area contributed by atoms with Crippen LogP contribution in [0.2, 0.25) is 0 Å². The number of aldehydes is 1. The van der Waals surface area contributed by atoms with Crippen molar-refractivity contribution in [1.82, 2.24) is 4.72 Å². The maximum atomic E-state index is 10.0. The lowest BCUT2D eigenvalue weighted by Gasteiger charge is -2.03. The summed E-state index contributed by atoms with van der Waals surface area (Å²) in [4.78, 5) is 10.0. The Morgan fingerprint density at radius 2 is 2.62 bits per heavy atom. The molecule has 0 amide bonds. The van der Waals surface area contributed by atoms with Crippen molar-refractivity contribution >= 4 is 30.9 Å². The Morgan fingerprint density at radius 3 is 2.75 bits per heavy atom. The van der Waals surface area contributed by atoms with Crippen molar-refractivity contribution in [3.8, 4) is 0 Å². The number of carbonyl (C=O) groups is 1. The fraction of sp³-hybridized carbons (Fsp3) is 0.750. The van der Waals surface area contributed by atoms with Gasteiger partial charge in [0, 0.05) is 5.75 Å². The lowest BCUT2D eigenvalue weighted by molar-refractivity contribution is -0.108. The van der Waals surface area contributed by atoms with Gasteiger partial charge in [0.15, 0.2) is 0 Å². The lowest BCUT2D eigenvalue weighted by atomic mass is 10.4. The second-order valence-electron chi connectivity index (χ2n) is 1.25. The van der Waals surface area contributed by atoms with Crippen molar-refractivity contribution in [2.45, 2.75) is 6.04 Å². The Labute approximate surface area is 59.0 Å². The van der Waals surface area contributed by atoms with Crippen LogP contribution in [0.25, 0.3) is 0 Å². The summed E-state index contributed by atoms with van der Waals surface area (Å²) in [5.41, 5.74) is 0. The van der Waals surface area contributed by atoms with Gasteiger partial charge in [-0.25, -0.2) is 0 Å². The zero-order valence-corrected chi connectivity index (χ0v) is 6.34. The van der Waals surface area contributed by atoms with Crippen LogP contribution in [-0.2, 0) is 4.79 Å². The average Bonchev–Trinajstić information content (AvgIpc) is 1.83. The predicted octanol–water partition coefficient (Wildman–Crippen LogP) is 0.351. The van der Waals surface area contributed by atoms with Crippen molar-refractivity contribution in [2.75, 3.05) is 12.0 Å². The third kappa shape index (κ3) is 3.35. The Kier molecular flexibility index (Phi) is 5.69. The third-order valence-corrected chi connectivity index (χ3v) is 1.56. The first kappa shape index (κ1) is 8.33. The summed E-state index contributed by atoms with van der Waals surface area (Å²) in [6.07, 6.45) is 2.73. The number of thiol groups is 1. The molecule has 0 aromatic rings. The molecule has 0 aliphatic rings. The second kappa shape index (κ2) is 5.47. The van der Waals surface area contributed by atoms with Crippen LogP contribution in [0, 0.1) is 0 Å². The van der Waals surface area contributed by atoms with Gasteiger partial charge >= 0.3 is 0 Å².